The average molecular weight is 239 g/mol. The quantitative estimate of drug-likeness (QED) is 0.661. The Balaban J connectivity index is 3.89. The highest BCUT2D eigenvalue weighted by Crippen LogP contribution is 1.99. The van der Waals surface area contributed by atoms with Crippen LogP contribution in [0.1, 0.15) is 27.7 Å². The molecule has 0 fully saturated rings. The molecule has 0 aliphatic heterocycles. The van der Waals surface area contributed by atoms with Crippen LogP contribution in [0.4, 0.5) is 0 Å². The van der Waals surface area contributed by atoms with Crippen molar-refractivity contribution in [3.63, 3.8) is 0 Å². The van der Waals surface area contributed by atoms with Gasteiger partial charge in [-0.25, -0.2) is 13.1 Å². The van der Waals surface area contributed by atoms with Crippen molar-refractivity contribution in [2.24, 2.45) is 0 Å². The standard InChI is InChI=1S/C9H21NO4S/c1-8(2)14-5-6-15(12,13)10-7-9(3,4)11/h8,10-11H,5-7H2,1-4H3. The Bertz CT molecular complexity index is 266. The van der Waals surface area contributed by atoms with E-state index in [-0.39, 0.29) is 25.0 Å². The molecule has 0 rings (SSSR count). The van der Waals surface area contributed by atoms with Crippen LogP contribution in [0, 0.1) is 0 Å². The summed E-state index contributed by atoms with van der Waals surface area (Å²) in [6.45, 7) is 6.95. The molecule has 0 bridgehead atoms. The largest absolute Gasteiger partial charge is 0.389 e. The van der Waals surface area contributed by atoms with Gasteiger partial charge in [0.1, 0.15) is 0 Å². The van der Waals surface area contributed by atoms with Crippen LogP contribution < -0.4 is 4.72 Å². The molecule has 0 aromatic rings. The highest BCUT2D eigenvalue weighted by molar-refractivity contribution is 7.89. The molecular weight excluding hydrogens is 218 g/mol. The summed E-state index contributed by atoms with van der Waals surface area (Å²) < 4.78 is 30.2. The predicted octanol–water partition coefficient (Wildman–Crippen LogP) is 0.102. The zero-order valence-corrected chi connectivity index (χ0v) is 10.6. The average Bonchev–Trinajstić information content (AvgIpc) is 1.99. The van der Waals surface area contributed by atoms with Crippen LogP contribution in [0.15, 0.2) is 0 Å². The van der Waals surface area contributed by atoms with Crippen LogP contribution in [-0.4, -0.2) is 44.1 Å². The monoisotopic (exact) mass is 239 g/mol. The summed E-state index contributed by atoms with van der Waals surface area (Å²) in [7, 11) is -3.35. The molecule has 0 aliphatic rings. The second-order valence-electron chi connectivity index (χ2n) is 4.37. The second-order valence-corrected chi connectivity index (χ2v) is 6.30. The van der Waals surface area contributed by atoms with E-state index < -0.39 is 15.6 Å². The van der Waals surface area contributed by atoms with Crippen molar-refractivity contribution in [3.05, 3.63) is 0 Å². The maximum Gasteiger partial charge on any atom is 0.213 e. The third kappa shape index (κ3) is 10.1. The van der Waals surface area contributed by atoms with Gasteiger partial charge in [-0.2, -0.15) is 0 Å². The van der Waals surface area contributed by atoms with E-state index in [1.807, 2.05) is 13.8 Å². The minimum Gasteiger partial charge on any atom is -0.389 e. The summed E-state index contributed by atoms with van der Waals surface area (Å²) in [6.07, 6.45) is 0.0227. The molecule has 0 radical (unpaired) electrons. The van der Waals surface area contributed by atoms with E-state index in [2.05, 4.69) is 4.72 Å². The Hall–Kier alpha value is -0.170. The summed E-state index contributed by atoms with van der Waals surface area (Å²) in [5.74, 6) is -0.0821. The Morgan fingerprint density at radius 3 is 2.33 bits per heavy atom. The first kappa shape index (κ1) is 14.8. The van der Waals surface area contributed by atoms with Gasteiger partial charge in [0.15, 0.2) is 0 Å². The molecule has 0 unspecified atom stereocenters. The molecule has 0 atom stereocenters. The van der Waals surface area contributed by atoms with Gasteiger partial charge in [-0.05, 0) is 27.7 Å². The highest BCUT2D eigenvalue weighted by Gasteiger charge is 2.17. The SMILES string of the molecule is CC(C)OCCS(=O)(=O)NCC(C)(C)O. The first-order valence-electron chi connectivity index (χ1n) is 4.94. The smallest absolute Gasteiger partial charge is 0.213 e. The summed E-state index contributed by atoms with van der Waals surface area (Å²) in [5.41, 5.74) is -1.04. The lowest BCUT2D eigenvalue weighted by Crippen LogP contribution is -2.39. The predicted molar refractivity (Wildman–Crippen MR) is 59.2 cm³/mol. The van der Waals surface area contributed by atoms with Gasteiger partial charge in [-0.15, -0.1) is 0 Å². The fraction of sp³-hybridized carbons (Fsp3) is 1.00. The van der Waals surface area contributed by atoms with E-state index in [9.17, 15) is 13.5 Å². The molecule has 0 heterocycles. The van der Waals surface area contributed by atoms with Gasteiger partial charge in [0.2, 0.25) is 10.0 Å². The van der Waals surface area contributed by atoms with Gasteiger partial charge in [0.05, 0.1) is 24.1 Å². The fourth-order valence-corrected chi connectivity index (χ4v) is 1.79. The van der Waals surface area contributed by atoms with Crippen LogP contribution in [0.25, 0.3) is 0 Å². The van der Waals surface area contributed by atoms with Gasteiger partial charge >= 0.3 is 0 Å². The molecule has 2 N–H and O–H groups in total. The summed E-state index contributed by atoms with van der Waals surface area (Å²) in [5, 5.41) is 9.34. The first-order valence-corrected chi connectivity index (χ1v) is 6.59. The van der Waals surface area contributed by atoms with E-state index in [0.29, 0.717) is 0 Å². The molecule has 0 saturated heterocycles. The molecule has 0 amide bonds. The molecule has 0 saturated carbocycles. The minimum absolute atomic E-state index is 0.0109. The maximum absolute atomic E-state index is 11.4. The number of aliphatic hydroxyl groups is 1. The van der Waals surface area contributed by atoms with Gasteiger partial charge in [-0.1, -0.05) is 0 Å². The molecule has 92 valence electrons. The van der Waals surface area contributed by atoms with Crippen LogP contribution in [-0.2, 0) is 14.8 Å². The number of rotatable bonds is 7. The van der Waals surface area contributed by atoms with Crippen molar-refractivity contribution in [1.29, 1.82) is 0 Å². The van der Waals surface area contributed by atoms with E-state index in [4.69, 9.17) is 4.74 Å². The number of ether oxygens (including phenoxy) is 1. The first-order chi connectivity index (χ1) is 6.62. The summed E-state index contributed by atoms with van der Waals surface area (Å²) in [6, 6.07) is 0. The fourth-order valence-electron chi connectivity index (χ4n) is 0.752. The van der Waals surface area contributed by atoms with Crippen LogP contribution in [0.5, 0.6) is 0 Å². The molecule has 0 aliphatic carbocycles. The number of sulfonamides is 1. The zero-order chi connectivity index (χ0) is 12.1. The zero-order valence-electron chi connectivity index (χ0n) is 9.78. The van der Waals surface area contributed by atoms with Crippen LogP contribution in [0.2, 0.25) is 0 Å². The molecule has 5 nitrogen and oxygen atoms in total. The number of hydrogen-bond donors (Lipinski definition) is 2. The van der Waals surface area contributed by atoms with Gasteiger partial charge < -0.3 is 9.84 Å². The normalized spacial score (nSPS) is 13.5. The highest BCUT2D eigenvalue weighted by atomic mass is 32.2. The lowest BCUT2D eigenvalue weighted by atomic mass is 10.1. The van der Waals surface area contributed by atoms with Crippen LogP contribution >= 0.6 is 0 Å². The second kappa shape index (κ2) is 5.79. The van der Waals surface area contributed by atoms with E-state index in [0.717, 1.165) is 0 Å². The molecular formula is C9H21NO4S. The minimum atomic E-state index is -3.35. The topological polar surface area (TPSA) is 75.6 Å². The van der Waals surface area contributed by atoms with Crippen molar-refractivity contribution in [1.82, 2.24) is 4.72 Å². The van der Waals surface area contributed by atoms with E-state index in [1.54, 1.807) is 13.8 Å². The molecule has 15 heavy (non-hydrogen) atoms. The third-order valence-corrected chi connectivity index (χ3v) is 2.82. The van der Waals surface area contributed by atoms with E-state index in [1.165, 1.54) is 0 Å². The van der Waals surface area contributed by atoms with Gasteiger partial charge in [-0.3, -0.25) is 0 Å². The third-order valence-electron chi connectivity index (χ3n) is 1.53. The molecule has 0 aromatic heterocycles. The Kier molecular flexibility index (Phi) is 5.72. The number of hydrogen-bond acceptors (Lipinski definition) is 4. The molecule has 0 aromatic carbocycles. The lowest BCUT2D eigenvalue weighted by molar-refractivity contribution is 0.0840. The maximum atomic E-state index is 11.4. The lowest BCUT2D eigenvalue weighted by Gasteiger charge is -2.17. The van der Waals surface area contributed by atoms with Crippen molar-refractivity contribution in [3.8, 4) is 0 Å². The van der Waals surface area contributed by atoms with Crippen molar-refractivity contribution in [2.75, 3.05) is 18.9 Å². The van der Waals surface area contributed by atoms with Gasteiger partial charge in [0, 0.05) is 6.54 Å². The van der Waals surface area contributed by atoms with Crippen LogP contribution in [0.3, 0.4) is 0 Å². The Morgan fingerprint density at radius 2 is 1.93 bits per heavy atom. The Labute approximate surface area is 91.9 Å². The molecule has 6 heteroatoms. The molecule has 0 spiro atoms. The summed E-state index contributed by atoms with van der Waals surface area (Å²) in [4.78, 5) is 0. The summed E-state index contributed by atoms with van der Waals surface area (Å²) >= 11 is 0. The van der Waals surface area contributed by atoms with Gasteiger partial charge in [0.25, 0.3) is 0 Å². The van der Waals surface area contributed by atoms with Crippen molar-refractivity contribution in [2.45, 2.75) is 39.4 Å². The van der Waals surface area contributed by atoms with E-state index >= 15 is 0 Å². The Morgan fingerprint density at radius 1 is 1.40 bits per heavy atom. The number of nitrogens with one attached hydrogen (secondary N) is 1. The van der Waals surface area contributed by atoms with Crippen molar-refractivity contribution < 1.29 is 18.3 Å². The van der Waals surface area contributed by atoms with Crippen molar-refractivity contribution >= 4 is 10.0 Å².